The molecule has 7 nitrogen and oxygen atoms in total. The molecule has 27 heavy (non-hydrogen) atoms. The van der Waals surface area contributed by atoms with Crippen molar-refractivity contribution < 1.29 is 13.2 Å². The SMILES string of the molecule is CN=C(NCc1ccc(S(=O)(=O)N2CCCCC2)cc1)NCC1CCCO1. The van der Waals surface area contributed by atoms with E-state index in [0.29, 0.717) is 24.5 Å². The summed E-state index contributed by atoms with van der Waals surface area (Å²) in [4.78, 5) is 4.59. The molecule has 2 heterocycles. The summed E-state index contributed by atoms with van der Waals surface area (Å²) >= 11 is 0. The first-order chi connectivity index (χ1) is 13.1. The zero-order valence-corrected chi connectivity index (χ0v) is 16.8. The maximum absolute atomic E-state index is 12.7. The predicted octanol–water partition coefficient (Wildman–Crippen LogP) is 1.71. The fourth-order valence-corrected chi connectivity index (χ4v) is 4.97. The van der Waals surface area contributed by atoms with E-state index in [0.717, 1.165) is 56.8 Å². The van der Waals surface area contributed by atoms with Crippen LogP contribution in [0, 0.1) is 0 Å². The van der Waals surface area contributed by atoms with E-state index < -0.39 is 10.0 Å². The van der Waals surface area contributed by atoms with Crippen LogP contribution in [0.2, 0.25) is 0 Å². The first-order valence-electron chi connectivity index (χ1n) is 9.75. The van der Waals surface area contributed by atoms with Crippen LogP contribution in [0.3, 0.4) is 0 Å². The van der Waals surface area contributed by atoms with E-state index in [-0.39, 0.29) is 6.10 Å². The standard InChI is InChI=1S/C19H30N4O3S/c1-20-19(22-15-17-6-5-13-26-17)21-14-16-7-9-18(10-8-16)27(24,25)23-11-3-2-4-12-23/h7-10,17H,2-6,11-15H2,1H3,(H2,20,21,22). The number of ether oxygens (including phenoxy) is 1. The van der Waals surface area contributed by atoms with Gasteiger partial charge in [-0.05, 0) is 43.4 Å². The first-order valence-corrected chi connectivity index (χ1v) is 11.2. The van der Waals surface area contributed by atoms with Gasteiger partial charge in [-0.1, -0.05) is 18.6 Å². The molecule has 1 unspecified atom stereocenters. The number of piperidine rings is 1. The number of nitrogens with zero attached hydrogens (tertiary/aromatic N) is 2. The van der Waals surface area contributed by atoms with Crippen LogP contribution < -0.4 is 10.6 Å². The van der Waals surface area contributed by atoms with Crippen LogP contribution in [0.25, 0.3) is 0 Å². The molecule has 2 fully saturated rings. The van der Waals surface area contributed by atoms with E-state index in [1.165, 1.54) is 0 Å². The summed E-state index contributed by atoms with van der Waals surface area (Å²) < 4.78 is 32.6. The fraction of sp³-hybridized carbons (Fsp3) is 0.632. The van der Waals surface area contributed by atoms with Crippen molar-refractivity contribution in [3.8, 4) is 0 Å². The first kappa shape index (κ1) is 20.1. The molecular formula is C19H30N4O3S. The number of benzene rings is 1. The van der Waals surface area contributed by atoms with Gasteiger partial charge in [0.2, 0.25) is 10.0 Å². The number of aliphatic imine (C=N–C) groups is 1. The number of rotatable bonds is 6. The van der Waals surface area contributed by atoms with E-state index in [2.05, 4.69) is 15.6 Å². The molecule has 2 aliphatic heterocycles. The summed E-state index contributed by atoms with van der Waals surface area (Å²) in [7, 11) is -1.63. The van der Waals surface area contributed by atoms with Gasteiger partial charge in [0.25, 0.3) is 0 Å². The zero-order chi connectivity index (χ0) is 19.1. The van der Waals surface area contributed by atoms with Gasteiger partial charge in [0.1, 0.15) is 0 Å². The van der Waals surface area contributed by atoms with E-state index in [1.807, 2.05) is 12.1 Å². The highest BCUT2D eigenvalue weighted by molar-refractivity contribution is 7.89. The predicted molar refractivity (Wildman–Crippen MR) is 106 cm³/mol. The molecule has 2 saturated heterocycles. The molecule has 0 aliphatic carbocycles. The van der Waals surface area contributed by atoms with Crippen LogP contribution >= 0.6 is 0 Å². The van der Waals surface area contributed by atoms with Gasteiger partial charge >= 0.3 is 0 Å². The zero-order valence-electron chi connectivity index (χ0n) is 16.0. The van der Waals surface area contributed by atoms with Crippen molar-refractivity contribution in [2.24, 2.45) is 4.99 Å². The summed E-state index contributed by atoms with van der Waals surface area (Å²) in [6.45, 7) is 3.41. The average Bonchev–Trinajstić information content (AvgIpc) is 3.23. The Bertz CT molecular complexity index is 722. The maximum Gasteiger partial charge on any atom is 0.243 e. The topological polar surface area (TPSA) is 83.0 Å². The quantitative estimate of drug-likeness (QED) is 0.567. The summed E-state index contributed by atoms with van der Waals surface area (Å²) in [6.07, 6.45) is 5.45. The third-order valence-corrected chi connectivity index (χ3v) is 6.99. The lowest BCUT2D eigenvalue weighted by molar-refractivity contribution is 0.114. The van der Waals surface area contributed by atoms with Crippen LogP contribution in [0.5, 0.6) is 0 Å². The van der Waals surface area contributed by atoms with Gasteiger partial charge in [-0.15, -0.1) is 0 Å². The molecule has 2 N–H and O–H groups in total. The maximum atomic E-state index is 12.7. The minimum atomic E-state index is -3.37. The highest BCUT2D eigenvalue weighted by atomic mass is 32.2. The third kappa shape index (κ3) is 5.43. The van der Waals surface area contributed by atoms with Gasteiger partial charge in [0, 0.05) is 39.8 Å². The molecule has 1 aromatic carbocycles. The Morgan fingerprint density at radius 1 is 1.15 bits per heavy atom. The van der Waals surface area contributed by atoms with Gasteiger partial charge in [0.15, 0.2) is 5.96 Å². The molecule has 0 bridgehead atoms. The number of guanidine groups is 1. The second-order valence-corrected chi connectivity index (χ2v) is 8.99. The lowest BCUT2D eigenvalue weighted by atomic mass is 10.2. The van der Waals surface area contributed by atoms with Crippen LogP contribution in [-0.2, 0) is 21.3 Å². The number of hydrogen-bond donors (Lipinski definition) is 2. The number of sulfonamides is 1. The van der Waals surface area contributed by atoms with Gasteiger partial charge in [-0.25, -0.2) is 8.42 Å². The second-order valence-electron chi connectivity index (χ2n) is 7.05. The van der Waals surface area contributed by atoms with E-state index in [9.17, 15) is 8.42 Å². The molecule has 0 saturated carbocycles. The molecule has 8 heteroatoms. The number of nitrogens with one attached hydrogen (secondary N) is 2. The van der Waals surface area contributed by atoms with Crippen LogP contribution in [0.15, 0.2) is 34.2 Å². The molecule has 2 aliphatic rings. The summed E-state index contributed by atoms with van der Waals surface area (Å²) in [5.74, 6) is 0.718. The van der Waals surface area contributed by atoms with Gasteiger partial charge in [-0.2, -0.15) is 4.31 Å². The van der Waals surface area contributed by atoms with E-state index >= 15 is 0 Å². The smallest absolute Gasteiger partial charge is 0.243 e. The molecule has 1 atom stereocenters. The monoisotopic (exact) mass is 394 g/mol. The van der Waals surface area contributed by atoms with Crippen LogP contribution in [-0.4, -0.2) is 58.1 Å². The minimum absolute atomic E-state index is 0.253. The minimum Gasteiger partial charge on any atom is -0.376 e. The van der Waals surface area contributed by atoms with Gasteiger partial charge < -0.3 is 15.4 Å². The van der Waals surface area contributed by atoms with Gasteiger partial charge in [0.05, 0.1) is 11.0 Å². The summed E-state index contributed by atoms with van der Waals surface area (Å²) in [5.41, 5.74) is 1.01. The number of hydrogen-bond acceptors (Lipinski definition) is 4. The molecule has 3 rings (SSSR count). The Morgan fingerprint density at radius 2 is 1.89 bits per heavy atom. The lowest BCUT2D eigenvalue weighted by Gasteiger charge is -2.25. The molecule has 1 aromatic rings. The highest BCUT2D eigenvalue weighted by Gasteiger charge is 2.25. The Balaban J connectivity index is 1.52. The lowest BCUT2D eigenvalue weighted by Crippen LogP contribution is -2.40. The average molecular weight is 395 g/mol. The fourth-order valence-electron chi connectivity index (χ4n) is 3.46. The van der Waals surface area contributed by atoms with Crippen LogP contribution in [0.4, 0.5) is 0 Å². The van der Waals surface area contributed by atoms with Gasteiger partial charge in [-0.3, -0.25) is 4.99 Å². The highest BCUT2D eigenvalue weighted by Crippen LogP contribution is 2.20. The van der Waals surface area contributed by atoms with Crippen molar-refractivity contribution in [1.29, 1.82) is 0 Å². The molecule has 0 spiro atoms. The van der Waals surface area contributed by atoms with Crippen LogP contribution in [0.1, 0.15) is 37.7 Å². The van der Waals surface area contributed by atoms with Crippen molar-refractivity contribution in [2.45, 2.75) is 49.6 Å². The molecule has 0 amide bonds. The second kappa shape index (κ2) is 9.52. The Morgan fingerprint density at radius 3 is 2.52 bits per heavy atom. The van der Waals surface area contributed by atoms with E-state index in [1.54, 1.807) is 23.5 Å². The Kier molecular flexibility index (Phi) is 7.09. The van der Waals surface area contributed by atoms with Crippen molar-refractivity contribution in [3.63, 3.8) is 0 Å². The Hall–Kier alpha value is -1.64. The molecule has 0 aromatic heterocycles. The summed E-state index contributed by atoms with van der Waals surface area (Å²) in [6, 6.07) is 7.11. The molecule has 0 radical (unpaired) electrons. The van der Waals surface area contributed by atoms with E-state index in [4.69, 9.17) is 4.74 Å². The van der Waals surface area contributed by atoms with Crippen molar-refractivity contribution in [1.82, 2.24) is 14.9 Å². The van der Waals surface area contributed by atoms with Crippen molar-refractivity contribution >= 4 is 16.0 Å². The van der Waals surface area contributed by atoms with Crippen molar-refractivity contribution in [2.75, 3.05) is 33.3 Å². The largest absolute Gasteiger partial charge is 0.376 e. The normalized spacial score (nSPS) is 22.0. The van der Waals surface area contributed by atoms with Crippen molar-refractivity contribution in [3.05, 3.63) is 29.8 Å². The molecular weight excluding hydrogens is 364 g/mol. The third-order valence-electron chi connectivity index (χ3n) is 5.08. The molecule has 150 valence electrons. The Labute approximate surface area is 162 Å². The summed E-state index contributed by atoms with van der Waals surface area (Å²) in [5, 5.41) is 6.53.